The van der Waals surface area contributed by atoms with Crippen LogP contribution in [-0.4, -0.2) is 15.5 Å². The number of fused-ring (bicyclic) bond motifs is 4. The van der Waals surface area contributed by atoms with E-state index in [2.05, 4.69) is 13.7 Å². The number of hydrogen-bond donors (Lipinski definition) is 0. The van der Waals surface area contributed by atoms with Gasteiger partial charge in [-0.05, 0) is 12.1 Å². The third-order valence-corrected chi connectivity index (χ3v) is 3.47. The quantitative estimate of drug-likeness (QED) is 0.595. The van der Waals surface area contributed by atoms with E-state index in [-0.39, 0.29) is 5.91 Å². The molecule has 0 bridgehead atoms. The van der Waals surface area contributed by atoms with Gasteiger partial charge in [0.05, 0.1) is 22.4 Å². The fourth-order valence-electron chi connectivity index (χ4n) is 2.18. The zero-order chi connectivity index (χ0) is 10.7. The maximum absolute atomic E-state index is 11.7. The Morgan fingerprint density at radius 1 is 1.19 bits per heavy atom. The number of hydrogen-bond acceptors (Lipinski definition) is 4. The van der Waals surface area contributed by atoms with Gasteiger partial charge in [-0.15, -0.1) is 0 Å². The number of imidazole rings is 1. The van der Waals surface area contributed by atoms with Gasteiger partial charge >= 0.3 is 0 Å². The van der Waals surface area contributed by atoms with Crippen LogP contribution in [0.2, 0.25) is 0 Å². The normalized spacial score (nSPS) is 16.6. The van der Waals surface area contributed by atoms with Gasteiger partial charge in [0.1, 0.15) is 17.2 Å². The van der Waals surface area contributed by atoms with Crippen LogP contribution in [-0.2, 0) is 17.8 Å². The van der Waals surface area contributed by atoms with E-state index in [1.165, 1.54) is 11.4 Å². The molecule has 6 heteroatoms. The molecule has 4 rings (SSSR count). The van der Waals surface area contributed by atoms with Crippen molar-refractivity contribution in [1.29, 1.82) is 0 Å². The average molecular weight is 230 g/mol. The monoisotopic (exact) mass is 230 g/mol. The second-order valence-corrected chi connectivity index (χ2v) is 4.38. The van der Waals surface area contributed by atoms with E-state index in [9.17, 15) is 4.79 Å². The van der Waals surface area contributed by atoms with Crippen molar-refractivity contribution in [3.05, 3.63) is 18.0 Å². The first-order valence-corrected chi connectivity index (χ1v) is 5.73. The molecule has 0 spiro atoms. The highest BCUT2D eigenvalue weighted by Crippen LogP contribution is 2.36. The van der Waals surface area contributed by atoms with Gasteiger partial charge in [0.15, 0.2) is 0 Å². The first-order valence-electron chi connectivity index (χ1n) is 5.00. The summed E-state index contributed by atoms with van der Waals surface area (Å²) >= 11 is 1.18. The molecule has 0 atom stereocenters. The average Bonchev–Trinajstić information content (AvgIpc) is 2.91. The lowest BCUT2D eigenvalue weighted by Gasteiger charge is -1.98. The van der Waals surface area contributed by atoms with E-state index in [1.54, 1.807) is 4.57 Å². The standard InChI is InChI=1S/C10H6N4OS/c15-10-2-1-9-11-7-3-5-6(13-16-12-5)4-8(7)14(9)10/h3-4H,1-2H2. The van der Waals surface area contributed by atoms with Crippen molar-refractivity contribution in [2.45, 2.75) is 12.8 Å². The summed E-state index contributed by atoms with van der Waals surface area (Å²) in [6.45, 7) is 0. The summed E-state index contributed by atoms with van der Waals surface area (Å²) in [4.78, 5) is 16.2. The number of carbonyl (C=O) groups excluding carboxylic acids is 1. The summed E-state index contributed by atoms with van der Waals surface area (Å²) in [6.07, 6.45) is 1.30. The lowest BCUT2D eigenvalue weighted by molar-refractivity contribution is 0.0928. The summed E-state index contributed by atoms with van der Waals surface area (Å²) < 4.78 is 10.0. The molecule has 1 aromatic carbocycles. The second kappa shape index (κ2) is 2.65. The van der Waals surface area contributed by atoms with Gasteiger partial charge in [0.2, 0.25) is 5.91 Å². The van der Waals surface area contributed by atoms with Crippen molar-refractivity contribution in [2.75, 3.05) is 0 Å². The summed E-state index contributed by atoms with van der Waals surface area (Å²) in [6, 6.07) is 3.79. The minimum atomic E-state index is 0.125. The molecule has 2 aromatic rings. The van der Waals surface area contributed by atoms with E-state index >= 15 is 0 Å². The molecule has 3 heterocycles. The smallest absolute Gasteiger partial charge is 0.233 e. The molecule has 0 radical (unpaired) electrons. The molecule has 78 valence electrons. The fraction of sp³-hybridized carbons (Fsp3) is 0.200. The molecule has 0 saturated heterocycles. The Labute approximate surface area is 94.0 Å². The minimum Gasteiger partial charge on any atom is -0.274 e. The van der Waals surface area contributed by atoms with Gasteiger partial charge < -0.3 is 0 Å². The topological polar surface area (TPSA) is 59.6 Å². The molecule has 0 saturated carbocycles. The Kier molecular flexibility index (Phi) is 1.38. The number of aryl methyl sites for hydroxylation is 1. The number of rotatable bonds is 0. The summed E-state index contributed by atoms with van der Waals surface area (Å²) in [5, 5.41) is 0. The fourth-order valence-corrected chi connectivity index (χ4v) is 2.69. The van der Waals surface area contributed by atoms with E-state index in [1.807, 2.05) is 12.1 Å². The first kappa shape index (κ1) is 8.35. The van der Waals surface area contributed by atoms with Crippen LogP contribution in [0.15, 0.2) is 20.9 Å². The molecule has 0 unspecified atom stereocenters. The molecular weight excluding hydrogens is 224 g/mol. The molecule has 2 aliphatic rings. The predicted octanol–water partition coefficient (Wildman–Crippen LogP) is 2.35. The summed E-state index contributed by atoms with van der Waals surface area (Å²) in [5.74, 6) is 0.983. The van der Waals surface area contributed by atoms with Crippen molar-refractivity contribution in [3.8, 4) is 0 Å². The van der Waals surface area contributed by atoms with Crippen LogP contribution in [0.1, 0.15) is 17.0 Å². The second-order valence-electron chi connectivity index (χ2n) is 3.85. The third-order valence-electron chi connectivity index (χ3n) is 2.91. The zero-order valence-corrected chi connectivity index (χ0v) is 8.99. The number of benzene rings is 1. The predicted molar refractivity (Wildman–Crippen MR) is 60.2 cm³/mol. The third kappa shape index (κ3) is 0.898. The number of carbonyl (C=O) groups is 1. The van der Waals surface area contributed by atoms with Crippen molar-refractivity contribution in [1.82, 2.24) is 9.55 Å². The van der Waals surface area contributed by atoms with Crippen LogP contribution >= 0.6 is 0 Å². The van der Waals surface area contributed by atoms with Gasteiger partial charge in [-0.2, -0.15) is 8.73 Å². The van der Waals surface area contributed by atoms with E-state index in [0.29, 0.717) is 6.42 Å². The van der Waals surface area contributed by atoms with E-state index in [0.717, 1.165) is 34.7 Å². The Balaban J connectivity index is 2.14. The Morgan fingerprint density at radius 3 is 2.88 bits per heavy atom. The molecule has 0 N–H and O–H groups in total. The first-order chi connectivity index (χ1) is 7.83. The number of aromatic nitrogens is 2. The molecule has 2 aliphatic heterocycles. The lowest BCUT2D eigenvalue weighted by atomic mass is 10.2. The largest absolute Gasteiger partial charge is 0.274 e. The Bertz CT molecular complexity index is 724. The molecular formula is C10H6N4OS. The van der Waals surface area contributed by atoms with Crippen LogP contribution in [0.3, 0.4) is 0 Å². The molecule has 0 aliphatic carbocycles. The molecule has 0 amide bonds. The van der Waals surface area contributed by atoms with Gasteiger partial charge in [-0.1, -0.05) is 0 Å². The van der Waals surface area contributed by atoms with Crippen LogP contribution in [0.25, 0.3) is 11.0 Å². The molecule has 16 heavy (non-hydrogen) atoms. The summed E-state index contributed by atoms with van der Waals surface area (Å²) in [5.41, 5.74) is 3.38. The van der Waals surface area contributed by atoms with E-state index < -0.39 is 0 Å². The zero-order valence-electron chi connectivity index (χ0n) is 8.17. The highest BCUT2D eigenvalue weighted by atomic mass is 32.1. The molecule has 1 aromatic heterocycles. The van der Waals surface area contributed by atoms with Crippen molar-refractivity contribution in [2.24, 2.45) is 8.73 Å². The maximum atomic E-state index is 11.7. The van der Waals surface area contributed by atoms with Crippen LogP contribution in [0.4, 0.5) is 11.4 Å². The Morgan fingerprint density at radius 2 is 2.00 bits per heavy atom. The minimum absolute atomic E-state index is 0.125. The van der Waals surface area contributed by atoms with Crippen LogP contribution in [0.5, 0.6) is 0 Å². The molecule has 0 fully saturated rings. The SMILES string of the molecule is O=C1CCc2nc3cc4c(cc3n21)N=S=N4. The van der Waals surface area contributed by atoms with E-state index in [4.69, 9.17) is 0 Å². The van der Waals surface area contributed by atoms with Gasteiger partial charge in [-0.3, -0.25) is 9.36 Å². The maximum Gasteiger partial charge on any atom is 0.233 e. The van der Waals surface area contributed by atoms with Crippen molar-refractivity contribution >= 4 is 39.7 Å². The molecule has 5 nitrogen and oxygen atoms in total. The Hall–Kier alpha value is -1.82. The van der Waals surface area contributed by atoms with Crippen LogP contribution in [0, 0.1) is 0 Å². The van der Waals surface area contributed by atoms with Crippen molar-refractivity contribution in [3.63, 3.8) is 0 Å². The van der Waals surface area contributed by atoms with Crippen molar-refractivity contribution < 1.29 is 4.79 Å². The van der Waals surface area contributed by atoms with Gasteiger partial charge in [-0.25, -0.2) is 4.98 Å². The summed E-state index contributed by atoms with van der Waals surface area (Å²) in [7, 11) is 0. The highest BCUT2D eigenvalue weighted by Gasteiger charge is 2.24. The van der Waals surface area contributed by atoms with Crippen LogP contribution < -0.4 is 0 Å². The van der Waals surface area contributed by atoms with Gasteiger partial charge in [0.25, 0.3) is 0 Å². The van der Waals surface area contributed by atoms with Gasteiger partial charge in [0, 0.05) is 12.8 Å². The number of nitrogens with zero attached hydrogens (tertiary/aromatic N) is 4. The lowest BCUT2D eigenvalue weighted by Crippen LogP contribution is -2.02. The highest BCUT2D eigenvalue weighted by molar-refractivity contribution is 7.58.